The van der Waals surface area contributed by atoms with E-state index in [1.807, 2.05) is 19.2 Å². The highest BCUT2D eigenvalue weighted by molar-refractivity contribution is 7.93. The Bertz CT molecular complexity index is 678. The van der Waals surface area contributed by atoms with E-state index in [1.54, 1.807) is 12.1 Å². The number of benzene rings is 1. The number of ether oxygens (including phenoxy) is 1. The maximum Gasteiger partial charge on any atom is 0.265 e. The summed E-state index contributed by atoms with van der Waals surface area (Å²) in [7, 11) is -2.08. The molecule has 0 aliphatic rings. The Hall–Kier alpha value is -1.60. The highest BCUT2D eigenvalue weighted by Gasteiger charge is 2.23. The Morgan fingerprint density at radius 2 is 1.95 bits per heavy atom. The Morgan fingerprint density at radius 3 is 2.45 bits per heavy atom. The van der Waals surface area contributed by atoms with E-state index in [9.17, 15) is 8.42 Å². The van der Waals surface area contributed by atoms with Gasteiger partial charge in [0.1, 0.15) is 5.75 Å². The second-order valence-corrected chi connectivity index (χ2v) is 6.95. The lowest BCUT2D eigenvalue weighted by Gasteiger charge is -2.16. The molecule has 0 atom stereocenters. The van der Waals surface area contributed by atoms with Gasteiger partial charge in [0.05, 0.1) is 17.2 Å². The number of hydrogen-bond donors (Lipinski definition) is 0. The first-order valence-corrected chi connectivity index (χ1v) is 8.41. The Balaban J connectivity index is 2.29. The van der Waals surface area contributed by atoms with E-state index < -0.39 is 10.0 Å². The average molecular weight is 312 g/mol. The molecule has 1 aromatic heterocycles. The van der Waals surface area contributed by atoms with Crippen molar-refractivity contribution in [3.63, 3.8) is 0 Å². The van der Waals surface area contributed by atoms with Gasteiger partial charge in [0, 0.05) is 12.4 Å². The van der Waals surface area contributed by atoms with Crippen molar-refractivity contribution in [1.29, 1.82) is 0 Å². The summed E-state index contributed by atoms with van der Waals surface area (Å²) >= 11 is 1.30. The molecular formula is C13H16N2O3S2. The highest BCUT2D eigenvalue weighted by atomic mass is 32.2. The molecular weight excluding hydrogens is 296 g/mol. The average Bonchev–Trinajstić information content (AvgIpc) is 2.85. The maximum absolute atomic E-state index is 12.5. The van der Waals surface area contributed by atoms with Crippen molar-refractivity contribution in [3.8, 4) is 5.75 Å². The molecule has 0 fully saturated rings. The van der Waals surface area contributed by atoms with Gasteiger partial charge in [0.25, 0.3) is 10.0 Å². The van der Waals surface area contributed by atoms with E-state index in [0.29, 0.717) is 17.5 Å². The summed E-state index contributed by atoms with van der Waals surface area (Å²) in [6, 6.07) is 6.38. The lowest BCUT2D eigenvalue weighted by Crippen LogP contribution is -2.26. The number of aromatic nitrogens is 1. The summed E-state index contributed by atoms with van der Waals surface area (Å²) < 4.78 is 31.4. The van der Waals surface area contributed by atoms with Gasteiger partial charge in [-0.2, -0.15) is 0 Å². The first kappa shape index (κ1) is 14.8. The van der Waals surface area contributed by atoms with Crippen molar-refractivity contribution in [2.45, 2.75) is 18.7 Å². The van der Waals surface area contributed by atoms with Crippen molar-refractivity contribution in [2.75, 3.05) is 18.0 Å². The van der Waals surface area contributed by atoms with Crippen LogP contribution in [0.4, 0.5) is 5.13 Å². The summed E-state index contributed by atoms with van der Waals surface area (Å²) in [5, 5.41) is 2.27. The Morgan fingerprint density at radius 1 is 1.30 bits per heavy atom. The number of sulfonamides is 1. The molecule has 0 aliphatic carbocycles. The van der Waals surface area contributed by atoms with Crippen molar-refractivity contribution < 1.29 is 13.2 Å². The second-order valence-electron chi connectivity index (χ2n) is 4.15. The van der Waals surface area contributed by atoms with Gasteiger partial charge in [0.2, 0.25) is 0 Å². The summed E-state index contributed by atoms with van der Waals surface area (Å²) in [5.41, 5.74) is 0.804. The van der Waals surface area contributed by atoms with Crippen LogP contribution in [-0.4, -0.2) is 27.1 Å². The zero-order valence-electron chi connectivity index (χ0n) is 11.5. The van der Waals surface area contributed by atoms with Gasteiger partial charge < -0.3 is 4.74 Å². The van der Waals surface area contributed by atoms with Crippen molar-refractivity contribution in [2.24, 2.45) is 0 Å². The second kappa shape index (κ2) is 5.80. The van der Waals surface area contributed by atoms with E-state index in [1.165, 1.54) is 34.8 Å². The van der Waals surface area contributed by atoms with Crippen LogP contribution in [0.2, 0.25) is 0 Å². The molecule has 0 N–H and O–H groups in total. The van der Waals surface area contributed by atoms with E-state index in [-0.39, 0.29) is 4.90 Å². The molecule has 0 bridgehead atoms. The number of hydrogen-bond acceptors (Lipinski definition) is 5. The standard InChI is InChI=1S/C13H16N2O3S2/c1-4-18-11-5-7-12(8-6-11)20(16,17)15(3)13-14-10(2)9-19-13/h5-9H,4H2,1-3H3. The fourth-order valence-electron chi connectivity index (χ4n) is 1.62. The summed E-state index contributed by atoms with van der Waals surface area (Å²) in [4.78, 5) is 4.41. The van der Waals surface area contributed by atoms with Crippen LogP contribution in [0.25, 0.3) is 0 Å². The van der Waals surface area contributed by atoms with Crippen LogP contribution in [0.15, 0.2) is 34.5 Å². The van der Waals surface area contributed by atoms with Crippen molar-refractivity contribution >= 4 is 26.5 Å². The number of aryl methyl sites for hydroxylation is 1. The molecule has 20 heavy (non-hydrogen) atoms. The van der Waals surface area contributed by atoms with Crippen LogP contribution in [0.3, 0.4) is 0 Å². The molecule has 0 saturated heterocycles. The summed E-state index contributed by atoms with van der Waals surface area (Å²) in [6.45, 7) is 4.25. The SMILES string of the molecule is CCOc1ccc(S(=O)(=O)N(C)c2nc(C)cs2)cc1. The van der Waals surface area contributed by atoms with Gasteiger partial charge >= 0.3 is 0 Å². The van der Waals surface area contributed by atoms with Gasteiger partial charge in [-0.15, -0.1) is 11.3 Å². The molecule has 2 aromatic rings. The van der Waals surface area contributed by atoms with Crippen LogP contribution < -0.4 is 9.04 Å². The van der Waals surface area contributed by atoms with Crippen LogP contribution in [-0.2, 0) is 10.0 Å². The lowest BCUT2D eigenvalue weighted by molar-refractivity contribution is 0.340. The van der Waals surface area contributed by atoms with Crippen LogP contribution >= 0.6 is 11.3 Å². The molecule has 1 aromatic carbocycles. The van der Waals surface area contributed by atoms with E-state index >= 15 is 0 Å². The Labute approximate surface area is 122 Å². The molecule has 0 radical (unpaired) electrons. The number of thiazole rings is 1. The Kier molecular flexibility index (Phi) is 4.29. The van der Waals surface area contributed by atoms with Gasteiger partial charge in [-0.1, -0.05) is 0 Å². The van der Waals surface area contributed by atoms with Crippen molar-refractivity contribution in [3.05, 3.63) is 35.3 Å². The minimum Gasteiger partial charge on any atom is -0.494 e. The fraction of sp³-hybridized carbons (Fsp3) is 0.308. The van der Waals surface area contributed by atoms with Crippen LogP contribution in [0, 0.1) is 6.92 Å². The van der Waals surface area contributed by atoms with Gasteiger partial charge in [-0.25, -0.2) is 17.7 Å². The minimum absolute atomic E-state index is 0.219. The third-order valence-electron chi connectivity index (χ3n) is 2.67. The molecule has 0 unspecified atom stereocenters. The molecule has 0 spiro atoms. The third-order valence-corrected chi connectivity index (χ3v) is 5.58. The molecule has 5 nitrogen and oxygen atoms in total. The molecule has 2 rings (SSSR count). The zero-order valence-corrected chi connectivity index (χ0v) is 13.2. The summed E-state index contributed by atoms with van der Waals surface area (Å²) in [5.74, 6) is 0.652. The first-order valence-electron chi connectivity index (χ1n) is 6.09. The lowest BCUT2D eigenvalue weighted by atomic mass is 10.3. The van der Waals surface area contributed by atoms with Crippen LogP contribution in [0.5, 0.6) is 5.75 Å². The van der Waals surface area contributed by atoms with Crippen LogP contribution in [0.1, 0.15) is 12.6 Å². The molecule has 1 heterocycles. The van der Waals surface area contributed by atoms with Crippen molar-refractivity contribution in [1.82, 2.24) is 4.98 Å². The predicted molar refractivity (Wildman–Crippen MR) is 80.1 cm³/mol. The van der Waals surface area contributed by atoms with Gasteiger partial charge in [-0.05, 0) is 38.1 Å². The molecule has 7 heteroatoms. The monoisotopic (exact) mass is 312 g/mol. The normalized spacial score (nSPS) is 11.3. The van der Waals surface area contributed by atoms with Gasteiger partial charge in [0.15, 0.2) is 5.13 Å². The third kappa shape index (κ3) is 2.94. The molecule has 108 valence electrons. The largest absolute Gasteiger partial charge is 0.494 e. The smallest absolute Gasteiger partial charge is 0.265 e. The summed E-state index contributed by atoms with van der Waals surface area (Å²) in [6.07, 6.45) is 0. The predicted octanol–water partition coefficient (Wildman–Crippen LogP) is 2.68. The molecule has 0 aliphatic heterocycles. The molecule has 0 amide bonds. The maximum atomic E-state index is 12.5. The number of rotatable bonds is 5. The van der Waals surface area contributed by atoms with E-state index in [0.717, 1.165) is 5.69 Å². The first-order chi connectivity index (χ1) is 9.45. The molecule has 0 saturated carbocycles. The van der Waals surface area contributed by atoms with E-state index in [2.05, 4.69) is 4.98 Å². The zero-order chi connectivity index (χ0) is 14.8. The quantitative estimate of drug-likeness (QED) is 0.851. The minimum atomic E-state index is -3.58. The number of nitrogens with zero attached hydrogens (tertiary/aromatic N) is 2. The topological polar surface area (TPSA) is 59.5 Å². The van der Waals surface area contributed by atoms with E-state index in [4.69, 9.17) is 4.74 Å². The fourth-order valence-corrected chi connectivity index (χ4v) is 3.76. The van der Waals surface area contributed by atoms with Gasteiger partial charge in [-0.3, -0.25) is 0 Å². The number of anilines is 1. The highest BCUT2D eigenvalue weighted by Crippen LogP contribution is 2.26.